The average molecular weight is 351 g/mol. The van der Waals surface area contributed by atoms with Gasteiger partial charge >= 0.3 is 5.97 Å². The van der Waals surface area contributed by atoms with Crippen molar-refractivity contribution in [1.29, 1.82) is 0 Å². The molecule has 1 aliphatic rings. The molecule has 1 saturated heterocycles. The summed E-state index contributed by atoms with van der Waals surface area (Å²) in [6.45, 7) is 2.62. The fourth-order valence-electron chi connectivity index (χ4n) is 2.84. The number of amides is 1. The van der Waals surface area contributed by atoms with Gasteiger partial charge in [0.15, 0.2) is 0 Å². The van der Waals surface area contributed by atoms with E-state index < -0.39 is 11.9 Å². The fraction of sp³-hybridized carbons (Fsp3) is 0.333. The molecule has 2 heterocycles. The van der Waals surface area contributed by atoms with Crippen LogP contribution >= 0.6 is 15.9 Å². The van der Waals surface area contributed by atoms with E-state index in [9.17, 15) is 9.59 Å². The van der Waals surface area contributed by atoms with E-state index in [2.05, 4.69) is 20.9 Å². The number of carboxylic acids is 1. The van der Waals surface area contributed by atoms with E-state index in [4.69, 9.17) is 5.11 Å². The molecule has 5 nitrogen and oxygen atoms in total. The van der Waals surface area contributed by atoms with Gasteiger partial charge < -0.3 is 15.0 Å². The van der Waals surface area contributed by atoms with Crippen LogP contribution in [0.1, 0.15) is 17.4 Å². The summed E-state index contributed by atoms with van der Waals surface area (Å²) in [5, 5.41) is 10.1. The minimum atomic E-state index is -0.835. The number of benzene rings is 1. The van der Waals surface area contributed by atoms with E-state index in [-0.39, 0.29) is 18.4 Å². The van der Waals surface area contributed by atoms with Gasteiger partial charge in [0.2, 0.25) is 0 Å². The van der Waals surface area contributed by atoms with Gasteiger partial charge in [-0.3, -0.25) is 9.59 Å². The van der Waals surface area contributed by atoms with E-state index in [1.807, 2.05) is 25.1 Å². The van der Waals surface area contributed by atoms with E-state index in [0.717, 1.165) is 15.4 Å². The molecule has 2 N–H and O–H groups in total. The van der Waals surface area contributed by atoms with Gasteiger partial charge in [0.05, 0.1) is 5.92 Å². The predicted octanol–water partition coefficient (Wildman–Crippen LogP) is 2.72. The second-order valence-corrected chi connectivity index (χ2v) is 6.46. The SMILES string of the molecule is C[C@@H]1CN(C(=O)c2cc3cc(Br)ccc3[nH]2)C[C@H]1C(=O)O. The number of hydrogen-bond acceptors (Lipinski definition) is 2. The maximum absolute atomic E-state index is 12.5. The lowest BCUT2D eigenvalue weighted by Crippen LogP contribution is -2.30. The van der Waals surface area contributed by atoms with Crippen LogP contribution in [0.25, 0.3) is 10.9 Å². The van der Waals surface area contributed by atoms with Crippen molar-refractivity contribution in [3.63, 3.8) is 0 Å². The van der Waals surface area contributed by atoms with Crippen LogP contribution in [0.4, 0.5) is 0 Å². The van der Waals surface area contributed by atoms with Gasteiger partial charge in [-0.15, -0.1) is 0 Å². The number of carbonyl (C=O) groups is 2. The normalized spacial score (nSPS) is 21.9. The lowest BCUT2D eigenvalue weighted by atomic mass is 9.99. The number of likely N-dealkylation sites (tertiary alicyclic amines) is 1. The molecule has 1 aliphatic heterocycles. The highest BCUT2D eigenvalue weighted by molar-refractivity contribution is 9.10. The van der Waals surface area contributed by atoms with Gasteiger partial charge in [0.25, 0.3) is 5.91 Å². The first-order chi connectivity index (χ1) is 9.95. The first kappa shape index (κ1) is 14.1. The Kier molecular flexibility index (Phi) is 3.49. The Hall–Kier alpha value is -1.82. The summed E-state index contributed by atoms with van der Waals surface area (Å²) in [5.74, 6) is -1.48. The van der Waals surface area contributed by atoms with Crippen molar-refractivity contribution in [2.75, 3.05) is 13.1 Å². The molecular weight excluding hydrogens is 336 g/mol. The Balaban J connectivity index is 1.86. The third-order valence-electron chi connectivity index (χ3n) is 4.03. The summed E-state index contributed by atoms with van der Waals surface area (Å²) in [6, 6.07) is 7.56. The molecule has 1 aromatic carbocycles. The highest BCUT2D eigenvalue weighted by atomic mass is 79.9. The minimum Gasteiger partial charge on any atom is -0.481 e. The van der Waals surface area contributed by atoms with Crippen LogP contribution in [0, 0.1) is 11.8 Å². The molecule has 1 aromatic heterocycles. The first-order valence-electron chi connectivity index (χ1n) is 6.76. The standard InChI is InChI=1S/C15H15BrN2O3/c1-8-6-18(7-11(8)15(20)21)14(19)13-5-9-4-10(16)2-3-12(9)17-13/h2-5,8,11,17H,6-7H2,1H3,(H,20,21)/t8-,11-/m1/s1. The maximum atomic E-state index is 12.5. The minimum absolute atomic E-state index is 0.0232. The van der Waals surface area contributed by atoms with Crippen LogP contribution in [-0.4, -0.2) is 40.0 Å². The van der Waals surface area contributed by atoms with Crippen LogP contribution in [0.5, 0.6) is 0 Å². The number of carbonyl (C=O) groups excluding carboxylic acids is 1. The molecule has 3 rings (SSSR count). The van der Waals surface area contributed by atoms with E-state index in [0.29, 0.717) is 12.2 Å². The number of nitrogens with zero attached hydrogens (tertiary/aromatic N) is 1. The molecule has 0 saturated carbocycles. The Morgan fingerprint density at radius 3 is 2.76 bits per heavy atom. The summed E-state index contributed by atoms with van der Waals surface area (Å²) < 4.78 is 0.953. The van der Waals surface area contributed by atoms with Crippen molar-refractivity contribution < 1.29 is 14.7 Å². The molecule has 2 aromatic rings. The zero-order valence-electron chi connectivity index (χ0n) is 11.5. The molecule has 0 radical (unpaired) electrons. The summed E-state index contributed by atoms with van der Waals surface area (Å²) in [4.78, 5) is 28.4. The van der Waals surface area contributed by atoms with Gasteiger partial charge in [0.1, 0.15) is 5.69 Å². The second kappa shape index (κ2) is 5.18. The van der Waals surface area contributed by atoms with E-state index in [1.54, 1.807) is 11.0 Å². The molecule has 21 heavy (non-hydrogen) atoms. The Bertz CT molecular complexity index is 725. The first-order valence-corrected chi connectivity index (χ1v) is 7.55. The quantitative estimate of drug-likeness (QED) is 0.874. The molecule has 6 heteroatoms. The molecule has 0 bridgehead atoms. The Morgan fingerprint density at radius 1 is 1.33 bits per heavy atom. The molecule has 0 aliphatic carbocycles. The maximum Gasteiger partial charge on any atom is 0.308 e. The molecule has 0 unspecified atom stereocenters. The summed E-state index contributed by atoms with van der Waals surface area (Å²) in [7, 11) is 0. The second-order valence-electron chi connectivity index (χ2n) is 5.55. The van der Waals surface area contributed by atoms with Crippen LogP contribution in [0.15, 0.2) is 28.7 Å². The topological polar surface area (TPSA) is 73.4 Å². The highest BCUT2D eigenvalue weighted by Crippen LogP contribution is 2.26. The lowest BCUT2D eigenvalue weighted by Gasteiger charge is -2.14. The van der Waals surface area contributed by atoms with Gasteiger partial charge in [-0.1, -0.05) is 22.9 Å². The van der Waals surface area contributed by atoms with Crippen LogP contribution in [0.3, 0.4) is 0 Å². The zero-order valence-corrected chi connectivity index (χ0v) is 13.1. The van der Waals surface area contributed by atoms with Crippen LogP contribution in [-0.2, 0) is 4.79 Å². The summed E-state index contributed by atoms with van der Waals surface area (Å²) in [6.07, 6.45) is 0. The molecular formula is C15H15BrN2O3. The van der Waals surface area contributed by atoms with Crippen molar-refractivity contribution in [2.45, 2.75) is 6.92 Å². The monoisotopic (exact) mass is 350 g/mol. The highest BCUT2D eigenvalue weighted by Gasteiger charge is 2.37. The van der Waals surface area contributed by atoms with Crippen molar-refractivity contribution in [1.82, 2.24) is 9.88 Å². The van der Waals surface area contributed by atoms with Gasteiger partial charge in [-0.2, -0.15) is 0 Å². The van der Waals surface area contributed by atoms with E-state index >= 15 is 0 Å². The fourth-order valence-corrected chi connectivity index (χ4v) is 3.22. The number of aliphatic carboxylic acids is 1. The zero-order chi connectivity index (χ0) is 15.1. The van der Waals surface area contributed by atoms with Crippen LogP contribution < -0.4 is 0 Å². The number of fused-ring (bicyclic) bond motifs is 1. The van der Waals surface area contributed by atoms with Gasteiger partial charge in [-0.25, -0.2) is 0 Å². The average Bonchev–Trinajstić information content (AvgIpc) is 3.00. The smallest absolute Gasteiger partial charge is 0.308 e. The van der Waals surface area contributed by atoms with Crippen molar-refractivity contribution in [3.8, 4) is 0 Å². The summed E-state index contributed by atoms with van der Waals surface area (Å²) >= 11 is 3.40. The van der Waals surface area contributed by atoms with Crippen LogP contribution in [0.2, 0.25) is 0 Å². The van der Waals surface area contributed by atoms with Crippen molar-refractivity contribution in [3.05, 3.63) is 34.4 Å². The molecule has 110 valence electrons. The van der Waals surface area contributed by atoms with Gasteiger partial charge in [0, 0.05) is 28.5 Å². The third-order valence-corrected chi connectivity index (χ3v) is 4.52. The lowest BCUT2D eigenvalue weighted by molar-refractivity contribution is -0.142. The number of hydrogen-bond donors (Lipinski definition) is 2. The largest absolute Gasteiger partial charge is 0.481 e. The summed E-state index contributed by atoms with van der Waals surface area (Å²) in [5.41, 5.74) is 1.39. The molecule has 0 spiro atoms. The third kappa shape index (κ3) is 2.55. The molecule has 1 amide bonds. The van der Waals surface area contributed by atoms with E-state index in [1.165, 1.54) is 0 Å². The number of H-pyrrole nitrogens is 1. The number of rotatable bonds is 2. The van der Waals surface area contributed by atoms with Crippen molar-refractivity contribution >= 4 is 38.7 Å². The Morgan fingerprint density at radius 2 is 2.10 bits per heavy atom. The number of halogens is 1. The van der Waals surface area contributed by atoms with Crippen molar-refractivity contribution in [2.24, 2.45) is 11.8 Å². The number of carboxylic acid groups (broad SMARTS) is 1. The van der Waals surface area contributed by atoms with Gasteiger partial charge in [-0.05, 0) is 30.2 Å². The molecule has 1 fully saturated rings. The molecule has 2 atom stereocenters. The number of aromatic nitrogens is 1. The Labute approximate surface area is 130 Å². The number of nitrogens with one attached hydrogen (secondary N) is 1. The predicted molar refractivity (Wildman–Crippen MR) is 82.2 cm³/mol. The number of aromatic amines is 1.